The largest absolute Gasteiger partial charge is 0.508 e. The molecule has 0 fully saturated rings. The van der Waals surface area contributed by atoms with Gasteiger partial charge in [-0.15, -0.1) is 0 Å². The second-order valence-electron chi connectivity index (χ2n) is 4.36. The molecule has 98 valence electrons. The Hall–Kier alpha value is -1.39. The molecule has 3 rings (SSSR count). The average molecular weight is 341 g/mol. The zero-order valence-corrected chi connectivity index (χ0v) is 12.2. The van der Waals surface area contributed by atoms with Gasteiger partial charge in [-0.25, -0.2) is 0 Å². The minimum absolute atomic E-state index is 0.0628. The van der Waals surface area contributed by atoms with Gasteiger partial charge in [0.2, 0.25) is 0 Å². The number of anilines is 1. The molecule has 0 amide bonds. The number of phenols is 1. The lowest BCUT2D eigenvalue weighted by atomic mass is 10.1. The van der Waals surface area contributed by atoms with Gasteiger partial charge in [-0.1, -0.05) is 11.6 Å². The van der Waals surface area contributed by atoms with Crippen molar-refractivity contribution in [3.8, 4) is 11.5 Å². The molecule has 5 heteroatoms. The molecule has 1 aliphatic heterocycles. The molecular formula is C14H11BrClNO2. The molecule has 1 unspecified atom stereocenters. The Morgan fingerprint density at radius 1 is 1.26 bits per heavy atom. The predicted molar refractivity (Wildman–Crippen MR) is 79.1 cm³/mol. The molecule has 0 aliphatic carbocycles. The van der Waals surface area contributed by atoms with Gasteiger partial charge in [0.25, 0.3) is 0 Å². The van der Waals surface area contributed by atoms with Crippen molar-refractivity contribution in [3.63, 3.8) is 0 Å². The molecule has 0 bridgehead atoms. The Bertz CT molecular complexity index is 633. The molecule has 0 saturated carbocycles. The molecular weight excluding hydrogens is 330 g/mol. The van der Waals surface area contributed by atoms with E-state index in [-0.39, 0.29) is 11.8 Å². The number of halogens is 2. The van der Waals surface area contributed by atoms with Crippen LogP contribution in [0.2, 0.25) is 5.02 Å². The fourth-order valence-corrected chi connectivity index (χ4v) is 2.53. The van der Waals surface area contributed by atoms with E-state index in [2.05, 4.69) is 21.2 Å². The maximum atomic E-state index is 9.42. The molecule has 1 atom stereocenters. The summed E-state index contributed by atoms with van der Waals surface area (Å²) in [5.74, 6) is 0.937. The van der Waals surface area contributed by atoms with Crippen molar-refractivity contribution in [1.82, 2.24) is 0 Å². The second-order valence-corrected chi connectivity index (χ2v) is 5.62. The number of hydrogen-bond acceptors (Lipinski definition) is 3. The Labute approximate surface area is 124 Å². The van der Waals surface area contributed by atoms with E-state index in [9.17, 15) is 5.11 Å². The molecule has 19 heavy (non-hydrogen) atoms. The third-order valence-corrected chi connectivity index (χ3v) is 4.27. The molecule has 2 aromatic rings. The summed E-state index contributed by atoms with van der Waals surface area (Å²) in [6.45, 7) is 0.534. The van der Waals surface area contributed by atoms with E-state index in [0.29, 0.717) is 11.6 Å². The van der Waals surface area contributed by atoms with E-state index < -0.39 is 0 Å². The number of nitrogens with one attached hydrogen (secondary N) is 1. The van der Waals surface area contributed by atoms with E-state index in [1.807, 2.05) is 24.3 Å². The summed E-state index contributed by atoms with van der Waals surface area (Å²) in [5.41, 5.74) is 1.97. The van der Waals surface area contributed by atoms with Crippen molar-refractivity contribution >= 4 is 33.2 Å². The first-order valence-electron chi connectivity index (χ1n) is 5.81. The van der Waals surface area contributed by atoms with Crippen LogP contribution in [0.1, 0.15) is 11.6 Å². The molecule has 1 heterocycles. The maximum Gasteiger partial charge on any atom is 0.128 e. The highest BCUT2D eigenvalue weighted by atomic mass is 79.9. The standard InChI is InChI=1S/C14H11BrClNO2/c15-11-4-1-8(5-12(11)16)17-13-7-19-14-6-9(18)2-3-10(13)14/h1-6,13,17-18H,7H2. The molecule has 2 N–H and O–H groups in total. The quantitative estimate of drug-likeness (QED) is 0.854. The third kappa shape index (κ3) is 2.51. The Balaban J connectivity index is 1.84. The van der Waals surface area contributed by atoms with E-state index >= 15 is 0 Å². The van der Waals surface area contributed by atoms with Crippen molar-refractivity contribution in [2.75, 3.05) is 11.9 Å². The van der Waals surface area contributed by atoms with Gasteiger partial charge < -0.3 is 15.2 Å². The summed E-state index contributed by atoms with van der Waals surface area (Å²) in [4.78, 5) is 0. The summed E-state index contributed by atoms with van der Waals surface area (Å²) < 4.78 is 6.42. The lowest BCUT2D eigenvalue weighted by molar-refractivity contribution is 0.338. The number of fused-ring (bicyclic) bond motifs is 1. The van der Waals surface area contributed by atoms with Crippen molar-refractivity contribution < 1.29 is 9.84 Å². The fraction of sp³-hybridized carbons (Fsp3) is 0.143. The topological polar surface area (TPSA) is 41.5 Å². The van der Waals surface area contributed by atoms with Gasteiger partial charge in [0.15, 0.2) is 0 Å². The lowest BCUT2D eigenvalue weighted by Crippen LogP contribution is -2.11. The summed E-state index contributed by atoms with van der Waals surface area (Å²) in [6.07, 6.45) is 0. The van der Waals surface area contributed by atoms with Gasteiger partial charge in [-0.3, -0.25) is 0 Å². The Kier molecular flexibility index (Phi) is 3.29. The Morgan fingerprint density at radius 2 is 2.11 bits per heavy atom. The highest BCUT2D eigenvalue weighted by Crippen LogP contribution is 2.37. The van der Waals surface area contributed by atoms with E-state index in [1.165, 1.54) is 0 Å². The zero-order chi connectivity index (χ0) is 13.4. The minimum Gasteiger partial charge on any atom is -0.508 e. The van der Waals surface area contributed by atoms with Crippen LogP contribution in [0.15, 0.2) is 40.9 Å². The van der Waals surface area contributed by atoms with Gasteiger partial charge in [0.05, 0.1) is 11.1 Å². The van der Waals surface area contributed by atoms with Crippen LogP contribution < -0.4 is 10.1 Å². The van der Waals surface area contributed by atoms with Crippen LogP contribution >= 0.6 is 27.5 Å². The van der Waals surface area contributed by atoms with Crippen LogP contribution in [0.3, 0.4) is 0 Å². The van der Waals surface area contributed by atoms with Gasteiger partial charge in [0, 0.05) is 21.8 Å². The summed E-state index contributed by atoms with van der Waals surface area (Å²) in [6, 6.07) is 10.9. The lowest BCUT2D eigenvalue weighted by Gasteiger charge is -2.13. The number of ether oxygens (including phenoxy) is 1. The van der Waals surface area contributed by atoms with Crippen molar-refractivity contribution in [2.24, 2.45) is 0 Å². The highest BCUT2D eigenvalue weighted by Gasteiger charge is 2.24. The highest BCUT2D eigenvalue weighted by molar-refractivity contribution is 9.10. The molecule has 0 saturated heterocycles. The van der Waals surface area contributed by atoms with Gasteiger partial charge in [-0.05, 0) is 46.3 Å². The summed E-state index contributed by atoms with van der Waals surface area (Å²) in [7, 11) is 0. The molecule has 3 nitrogen and oxygen atoms in total. The maximum absolute atomic E-state index is 9.42. The zero-order valence-electron chi connectivity index (χ0n) is 9.86. The number of benzene rings is 2. The smallest absolute Gasteiger partial charge is 0.128 e. The Morgan fingerprint density at radius 3 is 2.89 bits per heavy atom. The first kappa shape index (κ1) is 12.6. The first-order chi connectivity index (χ1) is 9.13. The van der Waals surface area contributed by atoms with Gasteiger partial charge >= 0.3 is 0 Å². The normalized spacial score (nSPS) is 16.8. The van der Waals surface area contributed by atoms with Gasteiger partial charge in [0.1, 0.15) is 18.1 Å². The van der Waals surface area contributed by atoms with Crippen molar-refractivity contribution in [1.29, 1.82) is 0 Å². The summed E-state index contributed by atoms with van der Waals surface area (Å²) in [5, 5.41) is 13.5. The summed E-state index contributed by atoms with van der Waals surface area (Å²) >= 11 is 9.43. The minimum atomic E-state index is 0.0628. The van der Waals surface area contributed by atoms with Crippen molar-refractivity contribution in [3.05, 3.63) is 51.5 Å². The SMILES string of the molecule is Oc1ccc2c(c1)OCC2Nc1ccc(Br)c(Cl)c1. The second kappa shape index (κ2) is 4.94. The average Bonchev–Trinajstić information content (AvgIpc) is 2.76. The van der Waals surface area contributed by atoms with Crippen LogP contribution in [-0.4, -0.2) is 11.7 Å². The monoisotopic (exact) mass is 339 g/mol. The fourth-order valence-electron chi connectivity index (χ4n) is 2.11. The van der Waals surface area contributed by atoms with E-state index in [0.717, 1.165) is 21.5 Å². The number of hydrogen-bond donors (Lipinski definition) is 2. The molecule has 2 aromatic carbocycles. The molecule has 1 aliphatic rings. The van der Waals surface area contributed by atoms with Crippen LogP contribution in [0, 0.1) is 0 Å². The van der Waals surface area contributed by atoms with Crippen LogP contribution in [0.25, 0.3) is 0 Å². The van der Waals surface area contributed by atoms with E-state index in [1.54, 1.807) is 12.1 Å². The molecule has 0 aromatic heterocycles. The van der Waals surface area contributed by atoms with Crippen LogP contribution in [-0.2, 0) is 0 Å². The molecule has 0 radical (unpaired) electrons. The predicted octanol–water partition coefficient (Wildman–Crippen LogP) is 4.35. The van der Waals surface area contributed by atoms with Crippen LogP contribution in [0.5, 0.6) is 11.5 Å². The van der Waals surface area contributed by atoms with Crippen molar-refractivity contribution in [2.45, 2.75) is 6.04 Å². The third-order valence-electron chi connectivity index (χ3n) is 3.04. The number of aromatic hydroxyl groups is 1. The van der Waals surface area contributed by atoms with Crippen LogP contribution in [0.4, 0.5) is 5.69 Å². The first-order valence-corrected chi connectivity index (χ1v) is 6.98. The number of phenolic OH excluding ortho intramolecular Hbond substituents is 1. The molecule has 0 spiro atoms. The van der Waals surface area contributed by atoms with Gasteiger partial charge in [-0.2, -0.15) is 0 Å². The van der Waals surface area contributed by atoms with E-state index in [4.69, 9.17) is 16.3 Å². The number of rotatable bonds is 2.